The van der Waals surface area contributed by atoms with E-state index in [0.717, 1.165) is 17.8 Å². The monoisotopic (exact) mass is 152 g/mol. The Morgan fingerprint density at radius 2 is 2.09 bits per heavy atom. The summed E-state index contributed by atoms with van der Waals surface area (Å²) < 4.78 is 0. The Balaban J connectivity index is 2.72. The Morgan fingerprint density at radius 1 is 1.45 bits per heavy atom. The molecule has 11 heavy (non-hydrogen) atoms. The number of rotatable bonds is 1. The lowest BCUT2D eigenvalue weighted by molar-refractivity contribution is 0.438. The molecule has 0 amide bonds. The van der Waals surface area contributed by atoms with E-state index < -0.39 is 0 Å². The fourth-order valence-corrected chi connectivity index (χ4v) is 1.41. The zero-order chi connectivity index (χ0) is 8.43. The van der Waals surface area contributed by atoms with Gasteiger partial charge in [0.15, 0.2) is 0 Å². The van der Waals surface area contributed by atoms with Crippen molar-refractivity contribution < 1.29 is 0 Å². The minimum Gasteiger partial charge on any atom is -0.402 e. The minimum atomic E-state index is 0.488. The van der Waals surface area contributed by atoms with Gasteiger partial charge in [-0.2, -0.15) is 0 Å². The third kappa shape index (κ3) is 1.76. The second kappa shape index (κ2) is 2.99. The van der Waals surface area contributed by atoms with Crippen LogP contribution < -0.4 is 11.5 Å². The van der Waals surface area contributed by atoms with Crippen molar-refractivity contribution in [1.29, 1.82) is 0 Å². The third-order valence-corrected chi connectivity index (χ3v) is 2.17. The summed E-state index contributed by atoms with van der Waals surface area (Å²) in [6, 6.07) is 0. The summed E-state index contributed by atoms with van der Waals surface area (Å²) in [7, 11) is 0. The van der Waals surface area contributed by atoms with Gasteiger partial charge in [-0.25, -0.2) is 0 Å². The van der Waals surface area contributed by atoms with E-state index in [1.807, 2.05) is 12.2 Å². The minimum absolute atomic E-state index is 0.488. The zero-order valence-corrected chi connectivity index (χ0v) is 7.17. The first-order valence-corrected chi connectivity index (χ1v) is 4.04. The van der Waals surface area contributed by atoms with Crippen LogP contribution in [0.25, 0.3) is 0 Å². The first kappa shape index (κ1) is 8.18. The molecule has 0 aromatic carbocycles. The van der Waals surface area contributed by atoms with E-state index in [1.165, 1.54) is 0 Å². The molecule has 0 aromatic rings. The molecule has 0 radical (unpaired) electrons. The van der Waals surface area contributed by atoms with Crippen molar-refractivity contribution in [2.24, 2.45) is 23.3 Å². The maximum Gasteiger partial charge on any atom is 0.0291 e. The van der Waals surface area contributed by atoms with Crippen LogP contribution in [0.4, 0.5) is 0 Å². The van der Waals surface area contributed by atoms with Crippen molar-refractivity contribution in [1.82, 2.24) is 0 Å². The molecular formula is C9H16N2. The Bertz CT molecular complexity index is 202. The molecule has 1 rings (SSSR count). The molecule has 0 aliphatic heterocycles. The molecular weight excluding hydrogens is 136 g/mol. The molecule has 0 saturated carbocycles. The van der Waals surface area contributed by atoms with E-state index in [9.17, 15) is 0 Å². The largest absolute Gasteiger partial charge is 0.402 e. The predicted molar refractivity (Wildman–Crippen MR) is 47.5 cm³/mol. The molecule has 1 aliphatic rings. The van der Waals surface area contributed by atoms with Gasteiger partial charge in [0.1, 0.15) is 0 Å². The highest BCUT2D eigenvalue weighted by Gasteiger charge is 2.17. The molecule has 0 saturated heterocycles. The van der Waals surface area contributed by atoms with Gasteiger partial charge in [-0.05, 0) is 18.4 Å². The SMILES string of the molecule is CC(C)C1CC=C(N)C=C1N. The maximum atomic E-state index is 5.81. The molecule has 4 N–H and O–H groups in total. The highest BCUT2D eigenvalue weighted by molar-refractivity contribution is 5.25. The molecule has 1 atom stereocenters. The van der Waals surface area contributed by atoms with Crippen molar-refractivity contribution >= 4 is 0 Å². The summed E-state index contributed by atoms with van der Waals surface area (Å²) in [6.07, 6.45) is 4.90. The van der Waals surface area contributed by atoms with E-state index >= 15 is 0 Å². The summed E-state index contributed by atoms with van der Waals surface area (Å²) >= 11 is 0. The van der Waals surface area contributed by atoms with Crippen LogP contribution in [0.1, 0.15) is 20.3 Å². The standard InChI is InChI=1S/C9H16N2/c1-6(2)8-4-3-7(10)5-9(8)11/h3,5-6,8H,4,10-11H2,1-2H3. The lowest BCUT2D eigenvalue weighted by Gasteiger charge is -2.23. The van der Waals surface area contributed by atoms with Crippen LogP contribution in [-0.4, -0.2) is 0 Å². The van der Waals surface area contributed by atoms with Crippen LogP contribution in [0.15, 0.2) is 23.5 Å². The van der Waals surface area contributed by atoms with Crippen molar-refractivity contribution in [3.63, 3.8) is 0 Å². The van der Waals surface area contributed by atoms with Crippen molar-refractivity contribution in [3.8, 4) is 0 Å². The fourth-order valence-electron chi connectivity index (χ4n) is 1.41. The normalized spacial score (nSPS) is 24.8. The quantitative estimate of drug-likeness (QED) is 0.596. The highest BCUT2D eigenvalue weighted by atomic mass is 14.6. The van der Waals surface area contributed by atoms with Gasteiger partial charge < -0.3 is 11.5 Å². The van der Waals surface area contributed by atoms with E-state index in [4.69, 9.17) is 11.5 Å². The van der Waals surface area contributed by atoms with Gasteiger partial charge in [-0.1, -0.05) is 19.9 Å². The zero-order valence-electron chi connectivity index (χ0n) is 7.17. The Labute approximate surface area is 68.0 Å². The number of hydrogen-bond donors (Lipinski definition) is 2. The second-order valence-electron chi connectivity index (χ2n) is 3.43. The molecule has 0 bridgehead atoms. The Hall–Kier alpha value is -0.920. The maximum absolute atomic E-state index is 5.81. The van der Waals surface area contributed by atoms with E-state index in [-0.39, 0.29) is 0 Å². The first-order chi connectivity index (χ1) is 5.11. The molecule has 2 nitrogen and oxygen atoms in total. The van der Waals surface area contributed by atoms with Gasteiger partial charge >= 0.3 is 0 Å². The van der Waals surface area contributed by atoms with Gasteiger partial charge in [0.2, 0.25) is 0 Å². The number of hydrogen-bond acceptors (Lipinski definition) is 2. The van der Waals surface area contributed by atoms with Crippen LogP contribution in [0.2, 0.25) is 0 Å². The summed E-state index contributed by atoms with van der Waals surface area (Å²) in [4.78, 5) is 0. The molecule has 62 valence electrons. The van der Waals surface area contributed by atoms with Crippen LogP contribution in [0, 0.1) is 11.8 Å². The van der Waals surface area contributed by atoms with E-state index in [2.05, 4.69) is 13.8 Å². The van der Waals surface area contributed by atoms with Gasteiger partial charge in [-0.3, -0.25) is 0 Å². The number of nitrogens with two attached hydrogens (primary N) is 2. The second-order valence-corrected chi connectivity index (χ2v) is 3.43. The summed E-state index contributed by atoms with van der Waals surface area (Å²) in [5.41, 5.74) is 13.1. The smallest absolute Gasteiger partial charge is 0.0291 e. The average molecular weight is 152 g/mol. The first-order valence-electron chi connectivity index (χ1n) is 4.04. The van der Waals surface area contributed by atoms with Crippen molar-refractivity contribution in [2.45, 2.75) is 20.3 Å². The molecule has 0 fully saturated rings. The van der Waals surface area contributed by atoms with Crippen LogP contribution in [0.5, 0.6) is 0 Å². The number of allylic oxidation sites excluding steroid dienone is 3. The summed E-state index contributed by atoms with van der Waals surface area (Å²) in [5, 5.41) is 0. The predicted octanol–water partition coefficient (Wildman–Crippen LogP) is 1.35. The van der Waals surface area contributed by atoms with Crippen molar-refractivity contribution in [3.05, 3.63) is 23.5 Å². The average Bonchev–Trinajstić information content (AvgIpc) is 1.85. The third-order valence-electron chi connectivity index (χ3n) is 2.17. The summed E-state index contributed by atoms with van der Waals surface area (Å²) in [6.45, 7) is 4.36. The van der Waals surface area contributed by atoms with E-state index in [0.29, 0.717) is 11.8 Å². The van der Waals surface area contributed by atoms with Gasteiger partial charge in [0.25, 0.3) is 0 Å². The van der Waals surface area contributed by atoms with Gasteiger partial charge in [-0.15, -0.1) is 0 Å². The van der Waals surface area contributed by atoms with Crippen LogP contribution in [0.3, 0.4) is 0 Å². The van der Waals surface area contributed by atoms with Gasteiger partial charge in [0.05, 0.1) is 0 Å². The molecule has 0 spiro atoms. The lowest BCUT2D eigenvalue weighted by Crippen LogP contribution is -2.21. The van der Waals surface area contributed by atoms with Crippen LogP contribution >= 0.6 is 0 Å². The highest BCUT2D eigenvalue weighted by Crippen LogP contribution is 2.25. The molecule has 1 aliphatic carbocycles. The molecule has 2 heteroatoms. The molecule has 0 aromatic heterocycles. The topological polar surface area (TPSA) is 52.0 Å². The Kier molecular flexibility index (Phi) is 2.22. The van der Waals surface area contributed by atoms with E-state index in [1.54, 1.807) is 0 Å². The summed E-state index contributed by atoms with van der Waals surface area (Å²) in [5.74, 6) is 1.10. The molecule has 1 unspecified atom stereocenters. The Morgan fingerprint density at radius 3 is 2.55 bits per heavy atom. The lowest BCUT2D eigenvalue weighted by atomic mass is 9.86. The van der Waals surface area contributed by atoms with Gasteiger partial charge in [0, 0.05) is 17.3 Å². The van der Waals surface area contributed by atoms with Crippen molar-refractivity contribution in [2.75, 3.05) is 0 Å². The molecule has 0 heterocycles. The van der Waals surface area contributed by atoms with Crippen LogP contribution in [-0.2, 0) is 0 Å². The fraction of sp³-hybridized carbons (Fsp3) is 0.556.